The van der Waals surface area contributed by atoms with Gasteiger partial charge in [0.05, 0.1) is 5.69 Å². The van der Waals surface area contributed by atoms with Crippen molar-refractivity contribution in [1.29, 1.82) is 0 Å². The Morgan fingerprint density at radius 3 is 2.43 bits per heavy atom. The zero-order chi connectivity index (χ0) is 13.8. The van der Waals surface area contributed by atoms with E-state index in [0.29, 0.717) is 0 Å². The van der Waals surface area contributed by atoms with Gasteiger partial charge in [0.15, 0.2) is 5.17 Å². The summed E-state index contributed by atoms with van der Waals surface area (Å²) < 4.78 is 0. The molecule has 21 heavy (non-hydrogen) atoms. The lowest BCUT2D eigenvalue weighted by Gasteiger charge is -2.18. The minimum Gasteiger partial charge on any atom is -0.353 e. The maximum Gasteiger partial charge on any atom is 0.228 e. The van der Waals surface area contributed by atoms with E-state index in [1.165, 1.54) is 12.8 Å². The highest BCUT2D eigenvalue weighted by atomic mass is 127. The molecule has 2 heterocycles. The van der Waals surface area contributed by atoms with Crippen LogP contribution in [0.4, 0.5) is 5.69 Å². The summed E-state index contributed by atoms with van der Waals surface area (Å²) in [5, 5.41) is 1.09. The summed E-state index contributed by atoms with van der Waals surface area (Å²) in [6.45, 7) is 3.20. The monoisotopic (exact) mass is 416 g/mol. The Balaban J connectivity index is 0.00000161. The van der Waals surface area contributed by atoms with Crippen LogP contribution in [-0.4, -0.2) is 53.4 Å². The van der Waals surface area contributed by atoms with E-state index in [1.54, 1.807) is 0 Å². The van der Waals surface area contributed by atoms with Crippen molar-refractivity contribution in [1.82, 2.24) is 9.80 Å². The second-order valence-corrected chi connectivity index (χ2v) is 6.17. The third kappa shape index (κ3) is 4.35. The van der Waals surface area contributed by atoms with Crippen molar-refractivity contribution >= 4 is 52.6 Å². The van der Waals surface area contributed by atoms with E-state index in [0.717, 1.165) is 42.2 Å². The van der Waals surface area contributed by atoms with Crippen molar-refractivity contribution < 1.29 is 0 Å². The van der Waals surface area contributed by atoms with Gasteiger partial charge < -0.3 is 9.80 Å². The molecule has 2 aliphatic heterocycles. The molecular formula is C15H21IN4S. The van der Waals surface area contributed by atoms with Gasteiger partial charge in [-0.15, -0.1) is 24.0 Å². The van der Waals surface area contributed by atoms with Gasteiger partial charge in [0.1, 0.15) is 0 Å². The molecule has 0 spiro atoms. The Bertz CT molecular complexity index is 512. The number of thioether (sulfide) groups is 1. The van der Waals surface area contributed by atoms with Gasteiger partial charge in [-0.25, -0.2) is 4.99 Å². The first kappa shape index (κ1) is 16.6. The van der Waals surface area contributed by atoms with Crippen LogP contribution in [0.2, 0.25) is 0 Å². The number of para-hydroxylation sites is 1. The fourth-order valence-corrected chi connectivity index (χ4v) is 3.39. The van der Waals surface area contributed by atoms with E-state index >= 15 is 0 Å². The average molecular weight is 416 g/mol. The lowest BCUT2D eigenvalue weighted by molar-refractivity contribution is 0.510. The summed E-state index contributed by atoms with van der Waals surface area (Å²) in [5.41, 5.74) is 0.976. The lowest BCUT2D eigenvalue weighted by atomic mass is 10.3. The highest BCUT2D eigenvalue weighted by Crippen LogP contribution is 2.20. The van der Waals surface area contributed by atoms with E-state index in [-0.39, 0.29) is 24.0 Å². The van der Waals surface area contributed by atoms with Gasteiger partial charge >= 0.3 is 0 Å². The minimum absolute atomic E-state index is 0. The van der Waals surface area contributed by atoms with Gasteiger partial charge in [0.2, 0.25) is 5.96 Å². The molecular weight excluding hydrogens is 395 g/mol. The number of benzene rings is 1. The normalized spacial score (nSPS) is 21.0. The third-order valence-corrected chi connectivity index (χ3v) is 4.60. The second-order valence-electron chi connectivity index (χ2n) is 5.11. The van der Waals surface area contributed by atoms with E-state index in [9.17, 15) is 0 Å². The topological polar surface area (TPSA) is 31.2 Å². The Kier molecular flexibility index (Phi) is 6.35. The van der Waals surface area contributed by atoms with Crippen LogP contribution in [0.5, 0.6) is 0 Å². The summed E-state index contributed by atoms with van der Waals surface area (Å²) in [7, 11) is 2.10. The van der Waals surface area contributed by atoms with Crippen LogP contribution < -0.4 is 0 Å². The number of halogens is 1. The number of likely N-dealkylation sites (tertiary alicyclic amines) is 1. The molecule has 3 rings (SSSR count). The zero-order valence-electron chi connectivity index (χ0n) is 12.2. The first-order valence-electron chi connectivity index (χ1n) is 7.14. The van der Waals surface area contributed by atoms with Gasteiger partial charge in [-0.3, -0.25) is 0 Å². The molecule has 0 N–H and O–H groups in total. The van der Waals surface area contributed by atoms with E-state index in [4.69, 9.17) is 9.98 Å². The van der Waals surface area contributed by atoms with Gasteiger partial charge in [-0.1, -0.05) is 30.0 Å². The van der Waals surface area contributed by atoms with Crippen molar-refractivity contribution in [3.8, 4) is 0 Å². The minimum atomic E-state index is 0. The molecule has 0 radical (unpaired) electrons. The molecule has 0 aromatic heterocycles. The third-order valence-electron chi connectivity index (χ3n) is 3.55. The standard InChI is InChI=1S/C15H20N4S.HI/c1-18-11-12-20-15(18)17-14(19-9-5-6-10-19)16-13-7-3-2-4-8-13;/h2-4,7-8H,5-6,9-12H2,1H3;1H/b16-14-,17-15+;. The number of amidine groups is 1. The molecule has 6 heteroatoms. The van der Waals surface area contributed by atoms with Crippen molar-refractivity contribution in [3.63, 3.8) is 0 Å². The van der Waals surface area contributed by atoms with Crippen molar-refractivity contribution in [3.05, 3.63) is 30.3 Å². The molecule has 0 bridgehead atoms. The molecule has 0 amide bonds. The Morgan fingerprint density at radius 2 is 1.81 bits per heavy atom. The fraction of sp³-hybridized carbons (Fsp3) is 0.467. The summed E-state index contributed by atoms with van der Waals surface area (Å²) in [4.78, 5) is 14.1. The maximum atomic E-state index is 4.82. The quantitative estimate of drug-likeness (QED) is 0.400. The number of rotatable bonds is 1. The molecule has 2 saturated heterocycles. The smallest absolute Gasteiger partial charge is 0.228 e. The summed E-state index contributed by atoms with van der Waals surface area (Å²) in [6, 6.07) is 10.1. The van der Waals surface area contributed by atoms with Crippen LogP contribution in [0.1, 0.15) is 12.8 Å². The molecule has 0 unspecified atom stereocenters. The Morgan fingerprint density at radius 1 is 1.10 bits per heavy atom. The molecule has 0 atom stereocenters. The number of hydrogen-bond donors (Lipinski definition) is 0. The molecule has 2 aliphatic rings. The average Bonchev–Trinajstić information content (AvgIpc) is 3.12. The molecule has 1 aromatic rings. The Hall–Kier alpha value is -0.760. The highest BCUT2D eigenvalue weighted by Gasteiger charge is 2.20. The second kappa shape index (κ2) is 8.03. The summed E-state index contributed by atoms with van der Waals surface area (Å²) in [6.07, 6.45) is 2.48. The fourth-order valence-electron chi connectivity index (χ4n) is 2.38. The Labute approximate surface area is 147 Å². The first-order chi connectivity index (χ1) is 9.83. The van der Waals surface area contributed by atoms with Crippen LogP contribution in [0.3, 0.4) is 0 Å². The molecule has 2 fully saturated rings. The van der Waals surface area contributed by atoms with Gasteiger partial charge in [0, 0.05) is 32.4 Å². The highest BCUT2D eigenvalue weighted by molar-refractivity contribution is 14.0. The molecule has 4 nitrogen and oxygen atoms in total. The largest absolute Gasteiger partial charge is 0.353 e. The van der Waals surface area contributed by atoms with Crippen molar-refractivity contribution in [2.24, 2.45) is 9.98 Å². The zero-order valence-corrected chi connectivity index (χ0v) is 15.4. The van der Waals surface area contributed by atoms with Crippen LogP contribution in [-0.2, 0) is 0 Å². The number of guanidine groups is 1. The maximum absolute atomic E-state index is 4.82. The number of nitrogens with zero attached hydrogens (tertiary/aromatic N) is 4. The molecule has 1 aromatic carbocycles. The molecule has 0 saturated carbocycles. The van der Waals surface area contributed by atoms with E-state index in [1.807, 2.05) is 42.1 Å². The summed E-state index contributed by atoms with van der Waals surface area (Å²) >= 11 is 1.82. The SMILES string of the molecule is CN1CCS/C1=N/C(=N/c1ccccc1)N1CCCC1.I. The van der Waals surface area contributed by atoms with Crippen molar-refractivity contribution in [2.45, 2.75) is 12.8 Å². The van der Waals surface area contributed by atoms with Crippen LogP contribution in [0, 0.1) is 0 Å². The van der Waals surface area contributed by atoms with Crippen LogP contribution in [0.15, 0.2) is 40.3 Å². The predicted octanol–water partition coefficient (Wildman–Crippen LogP) is 3.42. The first-order valence-corrected chi connectivity index (χ1v) is 8.13. The van der Waals surface area contributed by atoms with Gasteiger partial charge in [-0.2, -0.15) is 4.99 Å². The van der Waals surface area contributed by atoms with Crippen molar-refractivity contribution in [2.75, 3.05) is 32.4 Å². The summed E-state index contributed by atoms with van der Waals surface area (Å²) in [5.74, 6) is 1.98. The van der Waals surface area contributed by atoms with E-state index < -0.39 is 0 Å². The van der Waals surface area contributed by atoms with Gasteiger partial charge in [0.25, 0.3) is 0 Å². The molecule has 114 valence electrons. The van der Waals surface area contributed by atoms with Gasteiger partial charge in [-0.05, 0) is 25.0 Å². The predicted molar refractivity (Wildman–Crippen MR) is 102 cm³/mol. The number of aliphatic imine (C=N–C) groups is 2. The lowest BCUT2D eigenvalue weighted by Crippen LogP contribution is -2.29. The van der Waals surface area contributed by atoms with Crippen LogP contribution in [0.25, 0.3) is 0 Å². The van der Waals surface area contributed by atoms with E-state index in [2.05, 4.69) is 16.8 Å². The van der Waals surface area contributed by atoms with Crippen LogP contribution >= 0.6 is 35.7 Å². The molecule has 0 aliphatic carbocycles. The number of hydrogen-bond acceptors (Lipinski definition) is 2.